The van der Waals surface area contributed by atoms with E-state index < -0.39 is 34.5 Å². The molecule has 0 unspecified atom stereocenters. The maximum Gasteiger partial charge on any atom is 0.324 e. The molecule has 0 radical (unpaired) electrons. The van der Waals surface area contributed by atoms with Crippen LogP contribution in [-0.2, 0) is 29.8 Å². The zero-order chi connectivity index (χ0) is 20.1. The van der Waals surface area contributed by atoms with Gasteiger partial charge in [0.2, 0.25) is 10.0 Å². The third-order valence-electron chi connectivity index (χ3n) is 3.51. The molecule has 2 N–H and O–H groups in total. The van der Waals surface area contributed by atoms with Gasteiger partial charge in [-0.1, -0.05) is 32.9 Å². The topological polar surface area (TPSA) is 102 Å². The van der Waals surface area contributed by atoms with E-state index in [2.05, 4.69) is 10.0 Å². The second kappa shape index (κ2) is 8.64. The van der Waals surface area contributed by atoms with Gasteiger partial charge < -0.3 is 10.1 Å². The van der Waals surface area contributed by atoms with Crippen molar-refractivity contribution in [3.05, 3.63) is 29.8 Å². The molecule has 1 atom stereocenters. The molecule has 0 aliphatic carbocycles. The zero-order valence-electron chi connectivity index (χ0n) is 16.1. The van der Waals surface area contributed by atoms with Gasteiger partial charge in [0.05, 0.1) is 4.90 Å². The predicted octanol–water partition coefficient (Wildman–Crippen LogP) is 1.72. The molecular weight excluding hydrogens is 356 g/mol. The number of sulfonamides is 1. The molecule has 146 valence electrons. The van der Waals surface area contributed by atoms with Crippen LogP contribution in [0.3, 0.4) is 0 Å². The minimum atomic E-state index is -3.88. The number of esters is 1. The first-order valence-electron chi connectivity index (χ1n) is 8.42. The lowest BCUT2D eigenvalue weighted by molar-refractivity contribution is -0.149. The fourth-order valence-electron chi connectivity index (χ4n) is 2.11. The normalized spacial score (nSPS) is 13.3. The summed E-state index contributed by atoms with van der Waals surface area (Å²) in [6.45, 7) is 10.6. The number of amides is 1. The van der Waals surface area contributed by atoms with Crippen molar-refractivity contribution in [3.63, 3.8) is 0 Å². The molecule has 0 aromatic heterocycles. The maximum absolute atomic E-state index is 12.4. The molecule has 0 saturated carbocycles. The Bertz CT molecular complexity index is 734. The van der Waals surface area contributed by atoms with Gasteiger partial charge in [-0.05, 0) is 43.9 Å². The molecule has 7 nitrogen and oxygen atoms in total. The highest BCUT2D eigenvalue weighted by Crippen LogP contribution is 2.23. The van der Waals surface area contributed by atoms with Crippen molar-refractivity contribution in [2.24, 2.45) is 0 Å². The Kier molecular flexibility index (Phi) is 7.35. The molecule has 0 aliphatic rings. The predicted molar refractivity (Wildman–Crippen MR) is 99.2 cm³/mol. The van der Waals surface area contributed by atoms with E-state index in [9.17, 15) is 18.0 Å². The first-order valence-corrected chi connectivity index (χ1v) is 9.90. The van der Waals surface area contributed by atoms with Crippen molar-refractivity contribution in [1.82, 2.24) is 10.0 Å². The molecule has 0 fully saturated rings. The lowest BCUT2D eigenvalue weighted by Gasteiger charge is -2.19. The maximum atomic E-state index is 12.4. The summed E-state index contributed by atoms with van der Waals surface area (Å²) in [6.07, 6.45) is 0. The van der Waals surface area contributed by atoms with E-state index in [1.807, 2.05) is 20.8 Å². The van der Waals surface area contributed by atoms with E-state index >= 15 is 0 Å². The van der Waals surface area contributed by atoms with Crippen LogP contribution in [0, 0.1) is 0 Å². The molecule has 1 aromatic carbocycles. The standard InChI is InChI=1S/C18H28N2O5S/c1-12(2)19-16(21)11-25-17(22)13(3)20-26(23,24)15-9-7-14(8-10-15)18(4,5)6/h7-10,12-13,20H,11H2,1-6H3,(H,19,21)/t13-/m0/s1. The SMILES string of the molecule is CC(C)NC(=O)COC(=O)[C@H](C)NS(=O)(=O)c1ccc(C(C)(C)C)cc1. The van der Waals surface area contributed by atoms with Gasteiger partial charge in [0.25, 0.3) is 5.91 Å². The molecule has 0 bridgehead atoms. The van der Waals surface area contributed by atoms with Crippen molar-refractivity contribution < 1.29 is 22.7 Å². The summed E-state index contributed by atoms with van der Waals surface area (Å²) in [5, 5.41) is 2.57. The Morgan fingerprint density at radius 1 is 1.08 bits per heavy atom. The third-order valence-corrected chi connectivity index (χ3v) is 5.07. The summed E-state index contributed by atoms with van der Waals surface area (Å²) < 4.78 is 31.9. The lowest BCUT2D eigenvalue weighted by atomic mass is 9.87. The average molecular weight is 384 g/mol. The zero-order valence-corrected chi connectivity index (χ0v) is 16.9. The van der Waals surface area contributed by atoms with Crippen LogP contribution < -0.4 is 10.0 Å². The number of nitrogens with one attached hydrogen (secondary N) is 2. The summed E-state index contributed by atoms with van der Waals surface area (Å²) in [4.78, 5) is 23.4. The molecule has 26 heavy (non-hydrogen) atoms. The highest BCUT2D eigenvalue weighted by atomic mass is 32.2. The molecular formula is C18H28N2O5S. The summed E-state index contributed by atoms with van der Waals surface area (Å²) in [6, 6.07) is 5.29. The second-order valence-corrected chi connectivity index (χ2v) is 9.16. The van der Waals surface area contributed by atoms with Crippen molar-refractivity contribution >= 4 is 21.9 Å². The van der Waals surface area contributed by atoms with Crippen LogP contribution in [0.25, 0.3) is 0 Å². The molecule has 1 aromatic rings. The Morgan fingerprint density at radius 2 is 1.62 bits per heavy atom. The van der Waals surface area contributed by atoms with Crippen LogP contribution in [0.15, 0.2) is 29.2 Å². The monoisotopic (exact) mass is 384 g/mol. The van der Waals surface area contributed by atoms with Crippen molar-refractivity contribution in [3.8, 4) is 0 Å². The molecule has 0 saturated heterocycles. The van der Waals surface area contributed by atoms with Gasteiger partial charge >= 0.3 is 5.97 Å². The summed E-state index contributed by atoms with van der Waals surface area (Å²) in [5.41, 5.74) is 0.906. The molecule has 0 spiro atoms. The number of benzene rings is 1. The summed E-state index contributed by atoms with van der Waals surface area (Å²) >= 11 is 0. The van der Waals surface area contributed by atoms with Crippen LogP contribution >= 0.6 is 0 Å². The number of rotatable bonds is 7. The smallest absolute Gasteiger partial charge is 0.324 e. The number of hydrogen-bond acceptors (Lipinski definition) is 5. The van der Waals surface area contributed by atoms with E-state index in [1.165, 1.54) is 19.1 Å². The minimum Gasteiger partial charge on any atom is -0.454 e. The van der Waals surface area contributed by atoms with Crippen LogP contribution in [0.2, 0.25) is 0 Å². The Morgan fingerprint density at radius 3 is 2.08 bits per heavy atom. The fourth-order valence-corrected chi connectivity index (χ4v) is 3.30. The van der Waals surface area contributed by atoms with Crippen LogP contribution in [-0.4, -0.2) is 39.0 Å². The first-order chi connectivity index (χ1) is 11.8. The number of hydrogen-bond donors (Lipinski definition) is 2. The lowest BCUT2D eigenvalue weighted by Crippen LogP contribution is -2.41. The quantitative estimate of drug-likeness (QED) is 0.697. The van der Waals surface area contributed by atoms with E-state index in [0.29, 0.717) is 0 Å². The fraction of sp³-hybridized carbons (Fsp3) is 0.556. The Labute approximate surface area is 155 Å². The van der Waals surface area contributed by atoms with E-state index in [1.54, 1.807) is 26.0 Å². The van der Waals surface area contributed by atoms with Crippen LogP contribution in [0.5, 0.6) is 0 Å². The van der Waals surface area contributed by atoms with Gasteiger partial charge in [0.1, 0.15) is 6.04 Å². The second-order valence-electron chi connectivity index (χ2n) is 7.45. The molecule has 0 heterocycles. The van der Waals surface area contributed by atoms with Gasteiger partial charge in [-0.25, -0.2) is 8.42 Å². The van der Waals surface area contributed by atoms with Crippen molar-refractivity contribution in [2.75, 3.05) is 6.61 Å². The number of ether oxygens (including phenoxy) is 1. The average Bonchev–Trinajstić information content (AvgIpc) is 2.50. The van der Waals surface area contributed by atoms with Gasteiger partial charge in [-0.2, -0.15) is 4.72 Å². The number of carbonyl (C=O) groups excluding carboxylic acids is 2. The van der Waals surface area contributed by atoms with Gasteiger partial charge in [-0.15, -0.1) is 0 Å². The van der Waals surface area contributed by atoms with E-state index in [0.717, 1.165) is 5.56 Å². The third kappa shape index (κ3) is 6.76. The number of carbonyl (C=O) groups is 2. The van der Waals surface area contributed by atoms with Crippen LogP contribution in [0.1, 0.15) is 47.1 Å². The summed E-state index contributed by atoms with van der Waals surface area (Å²) in [7, 11) is -3.88. The van der Waals surface area contributed by atoms with Crippen molar-refractivity contribution in [2.45, 2.75) is 63.9 Å². The van der Waals surface area contributed by atoms with Gasteiger partial charge in [-0.3, -0.25) is 9.59 Å². The Hall–Kier alpha value is -1.93. The van der Waals surface area contributed by atoms with Crippen LogP contribution in [0.4, 0.5) is 0 Å². The Balaban J connectivity index is 2.70. The van der Waals surface area contributed by atoms with E-state index in [4.69, 9.17) is 4.74 Å². The van der Waals surface area contributed by atoms with Gasteiger partial charge in [0.15, 0.2) is 6.61 Å². The molecule has 1 rings (SSSR count). The highest BCUT2D eigenvalue weighted by molar-refractivity contribution is 7.89. The molecule has 0 aliphatic heterocycles. The first kappa shape index (κ1) is 22.1. The molecule has 8 heteroatoms. The largest absolute Gasteiger partial charge is 0.454 e. The summed E-state index contributed by atoms with van der Waals surface area (Å²) in [5.74, 6) is -1.26. The highest BCUT2D eigenvalue weighted by Gasteiger charge is 2.24. The minimum absolute atomic E-state index is 0.0581. The molecule has 1 amide bonds. The van der Waals surface area contributed by atoms with E-state index in [-0.39, 0.29) is 16.4 Å². The van der Waals surface area contributed by atoms with Crippen molar-refractivity contribution in [1.29, 1.82) is 0 Å². The van der Waals surface area contributed by atoms with Gasteiger partial charge in [0, 0.05) is 6.04 Å².